The number of nitrogens with zero attached hydrogens (tertiary/aromatic N) is 3. The number of hydrogen-bond donors (Lipinski definition) is 1. The van der Waals surface area contributed by atoms with Crippen molar-refractivity contribution in [2.24, 2.45) is 7.05 Å². The summed E-state index contributed by atoms with van der Waals surface area (Å²) < 4.78 is 2.03. The van der Waals surface area contributed by atoms with Crippen LogP contribution in [0.3, 0.4) is 0 Å². The molecule has 0 atom stereocenters. The highest BCUT2D eigenvalue weighted by Gasteiger charge is 2.26. The minimum Gasteiger partial charge on any atom is -0.367 e. The topological polar surface area (TPSA) is 61.3 Å². The number of rotatable bonds is 3. The predicted molar refractivity (Wildman–Crippen MR) is 91.9 cm³/mol. The van der Waals surface area contributed by atoms with Crippen LogP contribution in [0, 0.1) is 13.8 Å². The van der Waals surface area contributed by atoms with E-state index in [4.69, 9.17) is 0 Å². The summed E-state index contributed by atoms with van der Waals surface area (Å²) in [4.78, 5) is 31.7. The molecule has 1 aliphatic heterocycles. The molecular weight excluding hydrogens is 304 g/mol. The van der Waals surface area contributed by atoms with Crippen LogP contribution in [0.15, 0.2) is 24.5 Å². The fourth-order valence-electron chi connectivity index (χ4n) is 3.16. The van der Waals surface area contributed by atoms with E-state index in [1.54, 1.807) is 0 Å². The summed E-state index contributed by atoms with van der Waals surface area (Å²) in [5.41, 5.74) is 3.83. The fourth-order valence-corrected chi connectivity index (χ4v) is 3.16. The quantitative estimate of drug-likeness (QED) is 0.928. The summed E-state index contributed by atoms with van der Waals surface area (Å²) in [7, 11) is 1.97. The molecule has 0 saturated carbocycles. The highest BCUT2D eigenvalue weighted by atomic mass is 16.2. The number of carbonyl (C=O) groups is 2. The number of amides is 2. The second kappa shape index (κ2) is 6.55. The molecule has 1 fully saturated rings. The lowest BCUT2D eigenvalue weighted by Crippen LogP contribution is -2.51. The summed E-state index contributed by atoms with van der Waals surface area (Å²) in [5, 5.41) is 0. The Bertz CT molecular complexity index is 737. The largest absolute Gasteiger partial charge is 0.367 e. The Morgan fingerprint density at radius 3 is 2.33 bits per heavy atom. The molecule has 2 aromatic heterocycles. The lowest BCUT2D eigenvalue weighted by atomic mass is 10.1. The van der Waals surface area contributed by atoms with E-state index in [1.807, 2.05) is 59.8 Å². The van der Waals surface area contributed by atoms with E-state index in [1.165, 1.54) is 0 Å². The third-order valence-corrected chi connectivity index (χ3v) is 4.94. The third-order valence-electron chi connectivity index (χ3n) is 4.94. The summed E-state index contributed by atoms with van der Waals surface area (Å²) in [6, 6.07) is 3.86. The Morgan fingerprint density at radius 2 is 1.79 bits per heavy atom. The van der Waals surface area contributed by atoms with E-state index < -0.39 is 0 Å². The van der Waals surface area contributed by atoms with Crippen LogP contribution >= 0.6 is 0 Å². The average molecular weight is 328 g/mol. The van der Waals surface area contributed by atoms with Gasteiger partial charge in [0.05, 0.1) is 12.0 Å². The van der Waals surface area contributed by atoms with Crippen molar-refractivity contribution in [3.63, 3.8) is 0 Å². The minimum atomic E-state index is 0.0638. The molecule has 0 spiro atoms. The highest BCUT2D eigenvalue weighted by molar-refractivity contribution is 5.96. The Morgan fingerprint density at radius 1 is 1.12 bits per heavy atom. The van der Waals surface area contributed by atoms with Crippen molar-refractivity contribution in [1.82, 2.24) is 19.4 Å². The number of aromatic amines is 1. The highest BCUT2D eigenvalue weighted by Crippen LogP contribution is 2.17. The number of H-pyrrole nitrogens is 1. The minimum absolute atomic E-state index is 0.0638. The molecular formula is C18H24N4O2. The zero-order valence-electron chi connectivity index (χ0n) is 14.5. The molecule has 3 heterocycles. The number of hydrogen-bond acceptors (Lipinski definition) is 2. The van der Waals surface area contributed by atoms with E-state index in [0.29, 0.717) is 32.6 Å². The predicted octanol–water partition coefficient (Wildman–Crippen LogP) is 1.50. The van der Waals surface area contributed by atoms with Gasteiger partial charge >= 0.3 is 0 Å². The monoisotopic (exact) mass is 328 g/mol. The van der Waals surface area contributed by atoms with Crippen LogP contribution in [0.25, 0.3) is 0 Å². The molecule has 0 aromatic carbocycles. The maximum absolute atomic E-state index is 12.7. The van der Waals surface area contributed by atoms with Crippen LogP contribution in [-0.4, -0.2) is 57.3 Å². The molecule has 1 aliphatic rings. The van der Waals surface area contributed by atoms with Crippen molar-refractivity contribution in [2.75, 3.05) is 26.2 Å². The number of nitrogens with one attached hydrogen (secondary N) is 1. The third kappa shape index (κ3) is 3.09. The molecule has 3 rings (SSSR count). The molecule has 0 radical (unpaired) electrons. The molecule has 6 nitrogen and oxygen atoms in total. The molecule has 24 heavy (non-hydrogen) atoms. The molecule has 6 heteroatoms. The lowest BCUT2D eigenvalue weighted by molar-refractivity contribution is -0.131. The molecule has 128 valence electrons. The van der Waals surface area contributed by atoms with Crippen molar-refractivity contribution in [3.05, 3.63) is 47.0 Å². The van der Waals surface area contributed by atoms with Crippen LogP contribution in [0.5, 0.6) is 0 Å². The molecule has 0 unspecified atom stereocenters. The maximum Gasteiger partial charge on any atom is 0.255 e. The Kier molecular flexibility index (Phi) is 4.46. The number of piperazine rings is 1. The van der Waals surface area contributed by atoms with Gasteiger partial charge in [0.2, 0.25) is 5.91 Å². The summed E-state index contributed by atoms with van der Waals surface area (Å²) in [5.74, 6) is 0.183. The molecule has 0 aliphatic carbocycles. The van der Waals surface area contributed by atoms with E-state index in [0.717, 1.165) is 22.5 Å². The van der Waals surface area contributed by atoms with Crippen molar-refractivity contribution in [1.29, 1.82) is 0 Å². The van der Waals surface area contributed by atoms with Crippen LogP contribution in [-0.2, 0) is 18.3 Å². The fraction of sp³-hybridized carbons (Fsp3) is 0.444. The first-order valence-electron chi connectivity index (χ1n) is 8.29. The molecule has 2 aromatic rings. The maximum atomic E-state index is 12.7. The van der Waals surface area contributed by atoms with Gasteiger partial charge in [0, 0.05) is 57.0 Å². The summed E-state index contributed by atoms with van der Waals surface area (Å²) in [6.45, 7) is 6.34. The standard InChI is InChI=1S/C18H24N4O2/c1-13-10-16(14(2)20(13)3)18(24)22-8-6-21(7-9-22)17(23)11-15-4-5-19-12-15/h4-5,10,12,19H,6-9,11H2,1-3H3. The molecule has 1 N–H and O–H groups in total. The van der Waals surface area contributed by atoms with Gasteiger partial charge in [0.25, 0.3) is 5.91 Å². The van der Waals surface area contributed by atoms with Gasteiger partial charge in [-0.25, -0.2) is 0 Å². The van der Waals surface area contributed by atoms with Crippen molar-refractivity contribution in [3.8, 4) is 0 Å². The average Bonchev–Trinajstić information content (AvgIpc) is 3.18. The van der Waals surface area contributed by atoms with E-state index in [-0.39, 0.29) is 11.8 Å². The van der Waals surface area contributed by atoms with Crippen LogP contribution in [0.2, 0.25) is 0 Å². The van der Waals surface area contributed by atoms with E-state index in [2.05, 4.69) is 4.98 Å². The van der Waals surface area contributed by atoms with E-state index >= 15 is 0 Å². The first-order chi connectivity index (χ1) is 11.5. The van der Waals surface area contributed by atoms with E-state index in [9.17, 15) is 9.59 Å². The Hall–Kier alpha value is -2.50. The smallest absolute Gasteiger partial charge is 0.255 e. The van der Waals surface area contributed by atoms with Gasteiger partial charge in [-0.3, -0.25) is 9.59 Å². The van der Waals surface area contributed by atoms with Crippen molar-refractivity contribution in [2.45, 2.75) is 20.3 Å². The molecule has 1 saturated heterocycles. The number of aromatic nitrogens is 2. The van der Waals surface area contributed by atoms with Gasteiger partial charge in [-0.05, 0) is 31.5 Å². The first-order valence-corrected chi connectivity index (χ1v) is 8.29. The Balaban J connectivity index is 1.59. The zero-order valence-corrected chi connectivity index (χ0v) is 14.5. The molecule has 0 bridgehead atoms. The first kappa shape index (κ1) is 16.4. The normalized spacial score (nSPS) is 15.0. The Labute approximate surface area is 142 Å². The van der Waals surface area contributed by atoms with Crippen LogP contribution in [0.4, 0.5) is 0 Å². The van der Waals surface area contributed by atoms with Gasteiger partial charge in [-0.2, -0.15) is 0 Å². The summed E-state index contributed by atoms with van der Waals surface area (Å²) in [6.07, 6.45) is 4.08. The van der Waals surface area contributed by atoms with Gasteiger partial charge in [0.15, 0.2) is 0 Å². The molecule has 2 amide bonds. The van der Waals surface area contributed by atoms with Crippen molar-refractivity contribution < 1.29 is 9.59 Å². The number of carbonyl (C=O) groups excluding carboxylic acids is 2. The van der Waals surface area contributed by atoms with Gasteiger partial charge in [-0.15, -0.1) is 0 Å². The van der Waals surface area contributed by atoms with Crippen LogP contribution < -0.4 is 0 Å². The van der Waals surface area contributed by atoms with Crippen LogP contribution in [0.1, 0.15) is 27.3 Å². The number of aryl methyl sites for hydroxylation is 1. The lowest BCUT2D eigenvalue weighted by Gasteiger charge is -2.34. The summed E-state index contributed by atoms with van der Waals surface area (Å²) >= 11 is 0. The van der Waals surface area contributed by atoms with Gasteiger partial charge in [-0.1, -0.05) is 0 Å². The zero-order chi connectivity index (χ0) is 17.3. The SMILES string of the molecule is Cc1cc(C(=O)N2CCN(C(=O)Cc3cc[nH]c3)CC2)c(C)n1C. The van der Waals surface area contributed by atoms with Gasteiger partial charge < -0.3 is 19.4 Å². The van der Waals surface area contributed by atoms with Gasteiger partial charge in [0.1, 0.15) is 0 Å². The van der Waals surface area contributed by atoms with Crippen molar-refractivity contribution >= 4 is 11.8 Å². The second-order valence-electron chi connectivity index (χ2n) is 6.41. The second-order valence-corrected chi connectivity index (χ2v) is 6.41.